The molecule has 0 saturated heterocycles. The first-order chi connectivity index (χ1) is 6.95. The van der Waals surface area contributed by atoms with E-state index in [0.717, 1.165) is 12.1 Å². The quantitative estimate of drug-likeness (QED) is 0.736. The van der Waals surface area contributed by atoms with Gasteiger partial charge >= 0.3 is 0 Å². The van der Waals surface area contributed by atoms with E-state index in [1.165, 1.54) is 0 Å². The van der Waals surface area contributed by atoms with E-state index in [1.807, 2.05) is 0 Å². The van der Waals surface area contributed by atoms with Gasteiger partial charge in [-0.05, 0) is 24.7 Å². The van der Waals surface area contributed by atoms with Crippen LogP contribution < -0.4 is 5.32 Å². The summed E-state index contributed by atoms with van der Waals surface area (Å²) in [6, 6.07) is 1.23. The molecule has 1 aliphatic rings. The largest absolute Gasteiger partial charge is 0.312 e. The van der Waals surface area contributed by atoms with Crippen molar-refractivity contribution in [1.29, 1.82) is 0 Å². The fraction of sp³-hybridized carbons (Fsp3) is 0.333. The third-order valence-electron chi connectivity index (χ3n) is 2.50. The molecule has 0 aromatic heterocycles. The van der Waals surface area contributed by atoms with Crippen molar-refractivity contribution >= 4 is 9.84 Å². The van der Waals surface area contributed by atoms with Crippen LogP contribution >= 0.6 is 0 Å². The fourth-order valence-electron chi connectivity index (χ4n) is 1.72. The van der Waals surface area contributed by atoms with E-state index >= 15 is 0 Å². The maximum absolute atomic E-state index is 12.9. The predicted molar refractivity (Wildman–Crippen MR) is 50.2 cm³/mol. The highest BCUT2D eigenvalue weighted by molar-refractivity contribution is 7.91. The van der Waals surface area contributed by atoms with E-state index in [2.05, 4.69) is 5.32 Å². The molecular formula is C9H9F2NO2S. The summed E-state index contributed by atoms with van der Waals surface area (Å²) in [6.07, 6.45) is 0. The summed E-state index contributed by atoms with van der Waals surface area (Å²) in [5.74, 6) is -2.30. The standard InChI is InChI=1S/C9H9F2NO2S/c1-12-8-4-15(13,14)9-3-7(11)6(10)2-5(8)9/h2-3,8,12H,4H2,1H3. The zero-order chi connectivity index (χ0) is 11.2. The number of fused-ring (bicyclic) bond motifs is 1. The first-order valence-corrected chi connectivity index (χ1v) is 6.00. The van der Waals surface area contributed by atoms with Crippen molar-refractivity contribution in [2.45, 2.75) is 10.9 Å². The van der Waals surface area contributed by atoms with Gasteiger partial charge < -0.3 is 5.32 Å². The van der Waals surface area contributed by atoms with Gasteiger partial charge in [0.25, 0.3) is 0 Å². The molecule has 0 spiro atoms. The van der Waals surface area contributed by atoms with Gasteiger partial charge in [-0.25, -0.2) is 17.2 Å². The van der Waals surface area contributed by atoms with Crippen molar-refractivity contribution in [2.24, 2.45) is 0 Å². The van der Waals surface area contributed by atoms with Gasteiger partial charge in [-0.3, -0.25) is 0 Å². The highest BCUT2D eigenvalue weighted by atomic mass is 32.2. The Morgan fingerprint density at radius 2 is 1.93 bits per heavy atom. The smallest absolute Gasteiger partial charge is 0.180 e. The van der Waals surface area contributed by atoms with Crippen LogP contribution in [0.1, 0.15) is 11.6 Å². The minimum absolute atomic E-state index is 0.110. The van der Waals surface area contributed by atoms with Gasteiger partial charge in [0.1, 0.15) is 0 Å². The summed E-state index contributed by atoms with van der Waals surface area (Å²) < 4.78 is 48.9. The number of benzene rings is 1. The summed E-state index contributed by atoms with van der Waals surface area (Å²) in [4.78, 5) is -0.110. The van der Waals surface area contributed by atoms with Crippen molar-refractivity contribution in [2.75, 3.05) is 12.8 Å². The Kier molecular flexibility index (Phi) is 2.27. The predicted octanol–water partition coefficient (Wildman–Crippen LogP) is 1.01. The van der Waals surface area contributed by atoms with Crippen LogP contribution in [0.4, 0.5) is 8.78 Å². The van der Waals surface area contributed by atoms with Crippen LogP contribution in [0.15, 0.2) is 17.0 Å². The first kappa shape index (κ1) is 10.5. The second-order valence-electron chi connectivity index (χ2n) is 3.43. The van der Waals surface area contributed by atoms with Gasteiger partial charge in [-0.1, -0.05) is 0 Å². The van der Waals surface area contributed by atoms with Crippen LogP contribution in [0, 0.1) is 11.6 Å². The Hall–Kier alpha value is -1.01. The lowest BCUT2D eigenvalue weighted by molar-refractivity contribution is 0.500. The SMILES string of the molecule is CNC1CS(=O)(=O)c2cc(F)c(F)cc21. The van der Waals surface area contributed by atoms with Gasteiger partial charge in [0.05, 0.1) is 10.6 Å². The van der Waals surface area contributed by atoms with Crippen LogP contribution in [0.5, 0.6) is 0 Å². The van der Waals surface area contributed by atoms with Crippen molar-refractivity contribution < 1.29 is 17.2 Å². The Balaban J connectivity index is 2.70. The second kappa shape index (κ2) is 3.24. The Bertz CT molecular complexity index is 513. The molecule has 0 bridgehead atoms. The van der Waals surface area contributed by atoms with Crippen molar-refractivity contribution in [3.63, 3.8) is 0 Å². The van der Waals surface area contributed by atoms with Crippen LogP contribution in [0.3, 0.4) is 0 Å². The van der Waals surface area contributed by atoms with Crippen molar-refractivity contribution in [1.82, 2.24) is 5.32 Å². The molecule has 1 aliphatic heterocycles. The summed E-state index contributed by atoms with van der Waals surface area (Å²) in [5.41, 5.74) is 0.302. The van der Waals surface area contributed by atoms with Crippen molar-refractivity contribution in [3.05, 3.63) is 29.3 Å². The molecule has 15 heavy (non-hydrogen) atoms. The lowest BCUT2D eigenvalue weighted by Gasteiger charge is -2.07. The Morgan fingerprint density at radius 3 is 2.53 bits per heavy atom. The third-order valence-corrected chi connectivity index (χ3v) is 4.29. The van der Waals surface area contributed by atoms with E-state index in [4.69, 9.17) is 0 Å². The summed E-state index contributed by atoms with van der Waals surface area (Å²) in [6.45, 7) is 0. The van der Waals surface area contributed by atoms with E-state index < -0.39 is 27.5 Å². The molecule has 0 aliphatic carbocycles. The minimum Gasteiger partial charge on any atom is -0.312 e. The number of sulfone groups is 1. The Labute approximate surface area is 86.0 Å². The molecule has 2 rings (SSSR count). The zero-order valence-corrected chi connectivity index (χ0v) is 8.74. The second-order valence-corrected chi connectivity index (χ2v) is 5.43. The average molecular weight is 233 g/mol. The molecule has 1 aromatic rings. The topological polar surface area (TPSA) is 46.2 Å². The van der Waals surface area contributed by atoms with Gasteiger partial charge in [0, 0.05) is 6.04 Å². The number of halogens is 2. The van der Waals surface area contributed by atoms with Gasteiger partial charge in [-0.2, -0.15) is 0 Å². The van der Waals surface area contributed by atoms with Crippen LogP contribution in [-0.2, 0) is 9.84 Å². The van der Waals surface area contributed by atoms with Gasteiger partial charge in [0.2, 0.25) is 0 Å². The molecule has 1 atom stereocenters. The maximum atomic E-state index is 12.9. The van der Waals surface area contributed by atoms with Crippen LogP contribution in [0.25, 0.3) is 0 Å². The molecule has 82 valence electrons. The minimum atomic E-state index is -3.48. The summed E-state index contributed by atoms with van der Waals surface area (Å²) in [5, 5.41) is 2.75. The maximum Gasteiger partial charge on any atom is 0.180 e. The average Bonchev–Trinajstić information content (AvgIpc) is 2.40. The highest BCUT2D eigenvalue weighted by Crippen LogP contribution is 2.34. The van der Waals surface area contributed by atoms with Gasteiger partial charge in [0.15, 0.2) is 21.5 Å². The lowest BCUT2D eigenvalue weighted by atomic mass is 10.1. The molecule has 1 unspecified atom stereocenters. The molecule has 6 heteroatoms. The third kappa shape index (κ3) is 1.53. The molecule has 1 heterocycles. The van der Waals surface area contributed by atoms with E-state index in [1.54, 1.807) is 7.05 Å². The molecule has 1 N–H and O–H groups in total. The van der Waals surface area contributed by atoms with Crippen LogP contribution in [-0.4, -0.2) is 21.2 Å². The number of nitrogens with one attached hydrogen (secondary N) is 1. The van der Waals surface area contributed by atoms with E-state index in [9.17, 15) is 17.2 Å². The Morgan fingerprint density at radius 1 is 1.33 bits per heavy atom. The van der Waals surface area contributed by atoms with E-state index in [0.29, 0.717) is 5.56 Å². The number of hydrogen-bond donors (Lipinski definition) is 1. The fourth-order valence-corrected chi connectivity index (χ4v) is 3.53. The normalized spacial score (nSPS) is 22.7. The van der Waals surface area contributed by atoms with Crippen molar-refractivity contribution in [3.8, 4) is 0 Å². The van der Waals surface area contributed by atoms with E-state index in [-0.39, 0.29) is 10.6 Å². The summed E-state index contributed by atoms with van der Waals surface area (Å²) >= 11 is 0. The first-order valence-electron chi connectivity index (χ1n) is 4.34. The highest BCUT2D eigenvalue weighted by Gasteiger charge is 2.35. The molecule has 3 nitrogen and oxygen atoms in total. The molecular weight excluding hydrogens is 224 g/mol. The number of rotatable bonds is 1. The zero-order valence-electron chi connectivity index (χ0n) is 7.92. The number of hydrogen-bond acceptors (Lipinski definition) is 3. The monoisotopic (exact) mass is 233 g/mol. The lowest BCUT2D eigenvalue weighted by Crippen LogP contribution is -2.17. The van der Waals surface area contributed by atoms with Gasteiger partial charge in [-0.15, -0.1) is 0 Å². The molecule has 0 fully saturated rings. The molecule has 0 amide bonds. The molecule has 0 radical (unpaired) electrons. The molecule has 1 aromatic carbocycles. The molecule has 0 saturated carbocycles. The summed E-state index contributed by atoms with van der Waals surface area (Å²) in [7, 11) is -1.90. The van der Waals surface area contributed by atoms with Crippen LogP contribution in [0.2, 0.25) is 0 Å².